The third-order valence-electron chi connectivity index (χ3n) is 13.9. The number of aliphatic hydroxyl groups excluding tert-OH is 2. The lowest BCUT2D eigenvalue weighted by atomic mass is 10.0. The van der Waals surface area contributed by atoms with E-state index in [1.807, 2.05) is 0 Å². The molecule has 18 heteroatoms. The second-order valence-corrected chi connectivity index (χ2v) is 25.2. The molecule has 0 aromatic rings. The summed E-state index contributed by atoms with van der Waals surface area (Å²) < 4.78 is 60.8. The second-order valence-electron chi connectivity index (χ2n) is 22.2. The van der Waals surface area contributed by atoms with Crippen LogP contribution in [0.25, 0.3) is 0 Å². The molecule has 0 radical (unpaired) electrons. The average Bonchev–Trinajstić information content (AvgIpc) is 3.51. The zero-order valence-electron chi connectivity index (χ0n) is 53.3. The van der Waals surface area contributed by atoms with Gasteiger partial charge in [0.25, 0.3) is 0 Å². The van der Waals surface area contributed by atoms with Crippen LogP contribution in [0.2, 0.25) is 0 Å². The summed E-state index contributed by atoms with van der Waals surface area (Å²) in [7, 11) is -9.77. The van der Waals surface area contributed by atoms with Crippen molar-refractivity contribution >= 4 is 33.6 Å². The van der Waals surface area contributed by atoms with Gasteiger partial charge in [0.05, 0.1) is 26.4 Å². The van der Waals surface area contributed by atoms with E-state index in [0.29, 0.717) is 19.3 Å². The first-order valence-electron chi connectivity index (χ1n) is 33.2. The van der Waals surface area contributed by atoms with Crippen molar-refractivity contribution in [2.45, 2.75) is 296 Å². The Morgan fingerprint density at radius 2 is 0.624 bits per heavy atom. The zero-order valence-corrected chi connectivity index (χ0v) is 55.1. The van der Waals surface area contributed by atoms with Crippen LogP contribution in [0, 0.1) is 0 Å². The van der Waals surface area contributed by atoms with Crippen LogP contribution in [0.4, 0.5) is 0 Å². The zero-order chi connectivity index (χ0) is 62.4. The first-order valence-corrected chi connectivity index (χ1v) is 36.2. The van der Waals surface area contributed by atoms with Gasteiger partial charge in [0.15, 0.2) is 6.10 Å². The predicted molar refractivity (Wildman–Crippen MR) is 344 cm³/mol. The number of carbonyl (C=O) groups excluding carboxylic acids is 3. The number of phosphoric acid groups is 2. The molecule has 494 valence electrons. The molecule has 4 N–H and O–H groups in total. The normalized spacial score (nSPS) is 14.8. The number of hydrogen-bond donors (Lipinski definition) is 4. The van der Waals surface area contributed by atoms with E-state index in [9.17, 15) is 43.5 Å². The van der Waals surface area contributed by atoms with E-state index in [1.54, 1.807) is 0 Å². The minimum Gasteiger partial charge on any atom is -0.463 e. The van der Waals surface area contributed by atoms with Crippen molar-refractivity contribution in [1.82, 2.24) is 0 Å². The van der Waals surface area contributed by atoms with Gasteiger partial charge in [-0.3, -0.25) is 32.5 Å². The van der Waals surface area contributed by atoms with E-state index in [-0.39, 0.29) is 19.3 Å². The van der Waals surface area contributed by atoms with Crippen LogP contribution >= 0.6 is 15.6 Å². The summed E-state index contributed by atoms with van der Waals surface area (Å²) in [6.45, 7) is 2.52. The highest BCUT2D eigenvalue weighted by Crippen LogP contribution is 2.45. The van der Waals surface area contributed by atoms with Crippen LogP contribution < -0.4 is 0 Å². The molecule has 0 bridgehead atoms. The molecule has 0 aromatic heterocycles. The molecule has 0 amide bonds. The van der Waals surface area contributed by atoms with Crippen molar-refractivity contribution in [3.63, 3.8) is 0 Å². The van der Waals surface area contributed by atoms with Crippen molar-refractivity contribution in [1.29, 1.82) is 0 Å². The van der Waals surface area contributed by atoms with E-state index >= 15 is 0 Å². The van der Waals surface area contributed by atoms with Gasteiger partial charge in [-0.05, 0) is 89.9 Å². The van der Waals surface area contributed by atoms with Crippen molar-refractivity contribution in [3.8, 4) is 0 Å². The summed E-state index contributed by atoms with van der Waals surface area (Å²) in [5.41, 5.74) is 0. The third-order valence-corrected chi connectivity index (χ3v) is 15.8. The van der Waals surface area contributed by atoms with Crippen LogP contribution in [0.1, 0.15) is 278 Å². The largest absolute Gasteiger partial charge is 0.472 e. The number of unbranched alkanes of at least 4 members (excludes halogenated alkanes) is 28. The number of rotatable bonds is 63. The van der Waals surface area contributed by atoms with Crippen LogP contribution in [0.3, 0.4) is 0 Å². The van der Waals surface area contributed by atoms with Crippen molar-refractivity contribution in [2.24, 2.45) is 0 Å². The standard InChI is InChI=1S/C67H120O16P2/c1-4-7-10-13-16-19-22-25-27-28-29-30-31-32-34-37-38-41-44-47-50-53-65(70)77-56-62(68)57-79-84(73,74)80-58-63(69)59-81-85(75,76)82-61-64(83-67(72)55-52-49-46-43-40-35-24-21-18-15-12-9-6-3)60-78-66(71)54-51-48-45-42-39-36-33-26-23-20-17-14-11-8-5-2/h7,10,16,19,21,24-25,27,29-30,32,34,62-64,68-69H,4-6,8-9,11-15,17-18,20,22-23,26,28,31,33,35-61H2,1-3H3,(H,73,74)(H,75,76)/b10-7-,19-16-,24-21-,27-25-,30-29-,34-32-. The molecule has 85 heavy (non-hydrogen) atoms. The van der Waals surface area contributed by atoms with Crippen LogP contribution in [-0.4, -0.2) is 95.9 Å². The van der Waals surface area contributed by atoms with Gasteiger partial charge in [-0.25, -0.2) is 9.13 Å². The number of phosphoric ester groups is 2. The molecule has 0 rings (SSSR count). The minimum atomic E-state index is -4.92. The number of allylic oxidation sites excluding steroid dienone is 12. The van der Waals surface area contributed by atoms with Crippen molar-refractivity contribution in [3.05, 3.63) is 72.9 Å². The molecule has 0 aliphatic carbocycles. The van der Waals surface area contributed by atoms with Crippen molar-refractivity contribution in [2.75, 3.05) is 39.6 Å². The lowest BCUT2D eigenvalue weighted by Gasteiger charge is -2.21. The van der Waals surface area contributed by atoms with Crippen LogP contribution in [0.15, 0.2) is 72.9 Å². The van der Waals surface area contributed by atoms with Gasteiger partial charge >= 0.3 is 33.6 Å². The molecule has 0 aromatic carbocycles. The van der Waals surface area contributed by atoms with Crippen LogP contribution in [0.5, 0.6) is 0 Å². The van der Waals surface area contributed by atoms with Gasteiger partial charge in [-0.15, -0.1) is 0 Å². The summed E-state index contributed by atoms with van der Waals surface area (Å²) in [6.07, 6.45) is 62.4. The Bertz CT molecular complexity index is 1850. The van der Waals surface area contributed by atoms with Gasteiger partial charge in [0, 0.05) is 19.3 Å². The van der Waals surface area contributed by atoms with Gasteiger partial charge in [-0.2, -0.15) is 0 Å². The van der Waals surface area contributed by atoms with Crippen molar-refractivity contribution < 1.29 is 75.8 Å². The number of carbonyl (C=O) groups is 3. The van der Waals surface area contributed by atoms with E-state index < -0.39 is 91.5 Å². The Labute approximate surface area is 515 Å². The highest BCUT2D eigenvalue weighted by molar-refractivity contribution is 7.47. The SMILES string of the molecule is CC/C=C\C/C=C\C/C=C\C/C=C\C/C=C\CCCCCCCC(=O)OCC(O)COP(=O)(O)OCC(O)COP(=O)(O)OCC(COC(=O)CCCCCCCCCCCCCCCCC)OC(=O)CCCCCCC/C=C\CCCCCC. The van der Waals surface area contributed by atoms with Gasteiger partial charge in [-0.1, -0.05) is 241 Å². The average molecular weight is 1240 g/mol. The lowest BCUT2D eigenvalue weighted by molar-refractivity contribution is -0.161. The first-order chi connectivity index (χ1) is 41.2. The van der Waals surface area contributed by atoms with E-state index in [0.717, 1.165) is 122 Å². The number of ether oxygens (including phenoxy) is 3. The van der Waals surface area contributed by atoms with Gasteiger partial charge in [0.2, 0.25) is 0 Å². The maximum atomic E-state index is 12.9. The summed E-state index contributed by atoms with van der Waals surface area (Å²) in [5, 5.41) is 20.5. The molecule has 0 saturated carbocycles. The summed E-state index contributed by atoms with van der Waals surface area (Å²) >= 11 is 0. The molecule has 5 atom stereocenters. The quantitative estimate of drug-likeness (QED) is 0.0146. The van der Waals surface area contributed by atoms with E-state index in [2.05, 4.69) is 93.7 Å². The summed E-state index contributed by atoms with van der Waals surface area (Å²) in [6, 6.07) is 0. The molecule has 0 saturated heterocycles. The molecule has 5 unspecified atom stereocenters. The Balaban J connectivity index is 4.61. The molecule has 16 nitrogen and oxygen atoms in total. The molecule has 0 aliphatic rings. The number of esters is 3. The number of hydrogen-bond acceptors (Lipinski definition) is 14. The second kappa shape index (κ2) is 61.2. The predicted octanol–water partition coefficient (Wildman–Crippen LogP) is 18.0. The number of aliphatic hydroxyl groups is 2. The van der Waals surface area contributed by atoms with E-state index in [4.69, 9.17) is 32.3 Å². The third kappa shape index (κ3) is 62.4. The molecule has 0 heterocycles. The Morgan fingerprint density at radius 3 is 1.01 bits per heavy atom. The van der Waals surface area contributed by atoms with Crippen LogP contribution in [-0.2, 0) is 55.8 Å². The fourth-order valence-electron chi connectivity index (χ4n) is 8.83. The lowest BCUT2D eigenvalue weighted by Crippen LogP contribution is -2.30. The summed E-state index contributed by atoms with van der Waals surface area (Å²) in [5.74, 6) is -1.59. The molecule has 0 spiro atoms. The first kappa shape index (κ1) is 82.0. The summed E-state index contributed by atoms with van der Waals surface area (Å²) in [4.78, 5) is 58.2. The fourth-order valence-corrected chi connectivity index (χ4v) is 10.4. The molecular weight excluding hydrogens is 1120 g/mol. The molecule has 0 fully saturated rings. The van der Waals surface area contributed by atoms with E-state index in [1.165, 1.54) is 96.3 Å². The molecular formula is C67H120O16P2. The highest BCUT2D eigenvalue weighted by Gasteiger charge is 2.29. The maximum Gasteiger partial charge on any atom is 0.472 e. The topological polar surface area (TPSA) is 231 Å². The van der Waals surface area contributed by atoms with Gasteiger partial charge in [0.1, 0.15) is 25.4 Å². The Hall–Kier alpha value is -3.01. The smallest absolute Gasteiger partial charge is 0.463 e. The fraction of sp³-hybridized carbons (Fsp3) is 0.776. The Kier molecular flexibility index (Phi) is 59.1. The maximum absolute atomic E-state index is 12.9. The minimum absolute atomic E-state index is 0.0978. The molecule has 0 aliphatic heterocycles. The van der Waals surface area contributed by atoms with Gasteiger partial charge < -0.3 is 34.2 Å². The Morgan fingerprint density at radius 1 is 0.341 bits per heavy atom. The highest BCUT2D eigenvalue weighted by atomic mass is 31.2. The monoisotopic (exact) mass is 1240 g/mol.